The van der Waals surface area contributed by atoms with Crippen molar-refractivity contribution in [3.63, 3.8) is 0 Å². The van der Waals surface area contributed by atoms with Crippen molar-refractivity contribution in [3.8, 4) is 17.6 Å². The molecule has 5 nitrogen and oxygen atoms in total. The zero-order valence-corrected chi connectivity index (χ0v) is 18.3. The molecule has 160 valence electrons. The van der Waals surface area contributed by atoms with Gasteiger partial charge in [0.15, 0.2) is 17.3 Å². The summed E-state index contributed by atoms with van der Waals surface area (Å²) in [6.45, 7) is 4.25. The van der Waals surface area contributed by atoms with Crippen LogP contribution < -0.4 is 14.8 Å². The number of benzene rings is 2. The van der Waals surface area contributed by atoms with Crippen LogP contribution in [-0.2, 0) is 6.42 Å². The summed E-state index contributed by atoms with van der Waals surface area (Å²) in [5.74, 6) is 1.35. The maximum atomic E-state index is 12.9. The van der Waals surface area contributed by atoms with Gasteiger partial charge in [-0.3, -0.25) is 4.79 Å². The lowest BCUT2D eigenvalue weighted by Crippen LogP contribution is -2.43. The number of allylic oxidation sites excluding steroid dienone is 1. The Labute approximate surface area is 183 Å². The molecule has 0 radical (unpaired) electrons. The number of ketones is 1. The zero-order chi connectivity index (χ0) is 22.0. The van der Waals surface area contributed by atoms with Crippen LogP contribution in [0.2, 0.25) is 0 Å². The maximum Gasteiger partial charge on any atom is 0.187 e. The van der Waals surface area contributed by atoms with Gasteiger partial charge in [-0.15, -0.1) is 0 Å². The van der Waals surface area contributed by atoms with E-state index in [9.17, 15) is 4.79 Å². The first kappa shape index (κ1) is 21.0. The van der Waals surface area contributed by atoms with Crippen LogP contribution in [0.3, 0.4) is 0 Å². The van der Waals surface area contributed by atoms with Crippen LogP contribution in [0.15, 0.2) is 42.5 Å². The zero-order valence-electron chi connectivity index (χ0n) is 18.3. The quantitative estimate of drug-likeness (QED) is 0.546. The summed E-state index contributed by atoms with van der Waals surface area (Å²) in [6, 6.07) is 12.8. The summed E-state index contributed by atoms with van der Waals surface area (Å²) in [6.07, 6.45) is 7.27. The first-order valence-electron chi connectivity index (χ1n) is 10.8. The Morgan fingerprint density at radius 2 is 1.87 bits per heavy atom. The lowest BCUT2D eigenvalue weighted by atomic mass is 9.85. The summed E-state index contributed by atoms with van der Waals surface area (Å²) in [5, 5.41) is 12.5. The van der Waals surface area contributed by atoms with E-state index in [2.05, 4.69) is 31.3 Å². The molecule has 0 amide bonds. The van der Waals surface area contributed by atoms with Crippen molar-refractivity contribution in [1.82, 2.24) is 5.32 Å². The lowest BCUT2D eigenvalue weighted by Gasteiger charge is -2.36. The molecule has 0 unspecified atom stereocenters. The van der Waals surface area contributed by atoms with Crippen LogP contribution in [0.4, 0.5) is 0 Å². The third kappa shape index (κ3) is 4.59. The number of nitrogens with one attached hydrogen (secondary N) is 1. The number of methoxy groups -OCH3 is 1. The molecule has 1 fully saturated rings. The van der Waals surface area contributed by atoms with E-state index in [1.54, 1.807) is 37.5 Å². The van der Waals surface area contributed by atoms with Crippen molar-refractivity contribution in [2.75, 3.05) is 7.11 Å². The second-order valence-corrected chi connectivity index (χ2v) is 8.98. The van der Waals surface area contributed by atoms with Gasteiger partial charge in [0.05, 0.1) is 24.8 Å². The molecule has 4 rings (SSSR count). The number of fused-ring (bicyclic) bond motifs is 1. The molecule has 5 heteroatoms. The highest BCUT2D eigenvalue weighted by Crippen LogP contribution is 2.39. The van der Waals surface area contributed by atoms with Crippen LogP contribution in [0.25, 0.3) is 5.70 Å². The highest BCUT2D eigenvalue weighted by molar-refractivity contribution is 6.08. The van der Waals surface area contributed by atoms with Crippen molar-refractivity contribution in [2.24, 2.45) is 0 Å². The summed E-state index contributed by atoms with van der Waals surface area (Å²) in [5.41, 5.74) is 3.74. The van der Waals surface area contributed by atoms with E-state index < -0.39 is 0 Å². The Morgan fingerprint density at radius 3 is 2.52 bits per heavy atom. The maximum absolute atomic E-state index is 12.9. The van der Waals surface area contributed by atoms with Crippen LogP contribution >= 0.6 is 0 Å². The third-order valence-electron chi connectivity index (χ3n) is 5.95. The first-order valence-corrected chi connectivity index (χ1v) is 10.8. The summed E-state index contributed by atoms with van der Waals surface area (Å²) < 4.78 is 11.9. The van der Waals surface area contributed by atoms with E-state index in [-0.39, 0.29) is 17.4 Å². The van der Waals surface area contributed by atoms with E-state index in [0.29, 0.717) is 16.9 Å². The van der Waals surface area contributed by atoms with Crippen molar-refractivity contribution >= 4 is 11.5 Å². The van der Waals surface area contributed by atoms with Crippen LogP contribution in [0.1, 0.15) is 66.6 Å². The van der Waals surface area contributed by atoms with E-state index in [0.717, 1.165) is 41.8 Å². The average molecular weight is 417 g/mol. The van der Waals surface area contributed by atoms with Gasteiger partial charge in [-0.1, -0.05) is 0 Å². The Bertz CT molecular complexity index is 1060. The van der Waals surface area contributed by atoms with Gasteiger partial charge in [0.1, 0.15) is 0 Å². The van der Waals surface area contributed by atoms with Gasteiger partial charge in [-0.2, -0.15) is 5.26 Å². The van der Waals surface area contributed by atoms with Crippen molar-refractivity contribution in [3.05, 3.63) is 64.7 Å². The fraction of sp³-hybridized carbons (Fsp3) is 0.385. The Hall–Kier alpha value is -3.26. The number of carbonyl (C=O) groups excluding carboxylic acids is 1. The molecule has 1 aliphatic carbocycles. The van der Waals surface area contributed by atoms with Gasteiger partial charge >= 0.3 is 0 Å². The minimum Gasteiger partial charge on any atom is -0.493 e. The van der Waals surface area contributed by atoms with Crippen LogP contribution in [-0.4, -0.2) is 24.5 Å². The van der Waals surface area contributed by atoms with Crippen molar-refractivity contribution < 1.29 is 14.3 Å². The molecule has 31 heavy (non-hydrogen) atoms. The summed E-state index contributed by atoms with van der Waals surface area (Å²) >= 11 is 0. The topological polar surface area (TPSA) is 71.3 Å². The molecule has 2 aromatic rings. The predicted molar refractivity (Wildman–Crippen MR) is 120 cm³/mol. The molecule has 0 spiro atoms. The number of hydrogen-bond donors (Lipinski definition) is 1. The van der Waals surface area contributed by atoms with Gasteiger partial charge in [0.2, 0.25) is 0 Å². The fourth-order valence-corrected chi connectivity index (χ4v) is 4.43. The number of hydrogen-bond acceptors (Lipinski definition) is 5. The Kier molecular flexibility index (Phi) is 5.73. The normalized spacial score (nSPS) is 18.7. The van der Waals surface area contributed by atoms with E-state index >= 15 is 0 Å². The molecule has 0 atom stereocenters. The molecule has 1 aliphatic heterocycles. The number of ether oxygens (including phenoxy) is 2. The molecular formula is C26H28N2O3. The van der Waals surface area contributed by atoms with Gasteiger partial charge in [0.25, 0.3) is 0 Å². The van der Waals surface area contributed by atoms with Crippen LogP contribution in [0.5, 0.6) is 11.5 Å². The summed E-state index contributed by atoms with van der Waals surface area (Å²) in [7, 11) is 1.65. The number of nitrogens with zero attached hydrogens (tertiary/aromatic N) is 1. The molecule has 2 aliphatic rings. The van der Waals surface area contributed by atoms with Gasteiger partial charge < -0.3 is 14.8 Å². The molecular weight excluding hydrogens is 388 g/mol. The molecule has 0 aromatic heterocycles. The van der Waals surface area contributed by atoms with Gasteiger partial charge in [-0.05, 0) is 87.9 Å². The van der Waals surface area contributed by atoms with E-state index in [1.807, 2.05) is 6.07 Å². The minimum absolute atomic E-state index is 0.110. The fourth-order valence-electron chi connectivity index (χ4n) is 4.43. The summed E-state index contributed by atoms with van der Waals surface area (Å²) in [4.78, 5) is 12.9. The monoisotopic (exact) mass is 416 g/mol. The molecule has 0 bridgehead atoms. The van der Waals surface area contributed by atoms with E-state index in [4.69, 9.17) is 14.7 Å². The van der Waals surface area contributed by atoms with Gasteiger partial charge in [-0.25, -0.2) is 0 Å². The standard InChI is InChI=1S/C26H28N2O3/c1-26(2)15-19-12-25(31-20-6-4-5-7-20)24(30-3)13-21(19)22(28-26)14-23(29)18-10-8-17(16-27)9-11-18/h8-14,20,28H,4-7,15H2,1-3H3. The molecule has 1 N–H and O–H groups in total. The number of nitriles is 1. The molecule has 2 aromatic carbocycles. The SMILES string of the molecule is COc1cc2c(cc1OC1CCCC1)CC(C)(C)NC2=CC(=O)c1ccc(C#N)cc1. The minimum atomic E-state index is -0.205. The predicted octanol–water partition coefficient (Wildman–Crippen LogP) is 5.04. The Balaban J connectivity index is 1.70. The highest BCUT2D eigenvalue weighted by atomic mass is 16.5. The number of rotatable bonds is 5. The molecule has 1 saturated carbocycles. The largest absolute Gasteiger partial charge is 0.493 e. The molecule has 1 heterocycles. The van der Waals surface area contributed by atoms with E-state index in [1.165, 1.54) is 12.8 Å². The average Bonchev–Trinajstić information content (AvgIpc) is 3.25. The molecule has 0 saturated heterocycles. The smallest absolute Gasteiger partial charge is 0.187 e. The first-order chi connectivity index (χ1) is 14.9. The van der Waals surface area contributed by atoms with Crippen LogP contribution in [0, 0.1) is 11.3 Å². The highest BCUT2D eigenvalue weighted by Gasteiger charge is 2.30. The second-order valence-electron chi connectivity index (χ2n) is 8.98. The number of carbonyl (C=O) groups is 1. The third-order valence-corrected chi connectivity index (χ3v) is 5.95. The lowest BCUT2D eigenvalue weighted by molar-refractivity contribution is 0.104. The van der Waals surface area contributed by atoms with Gasteiger partial charge in [0, 0.05) is 28.4 Å². The van der Waals surface area contributed by atoms with Crippen molar-refractivity contribution in [1.29, 1.82) is 5.26 Å². The second kappa shape index (κ2) is 8.47. The Morgan fingerprint density at radius 1 is 1.16 bits per heavy atom. The van der Waals surface area contributed by atoms with Crippen molar-refractivity contribution in [2.45, 2.75) is 57.6 Å².